The Balaban J connectivity index is 1.55. The van der Waals surface area contributed by atoms with E-state index in [0.29, 0.717) is 61.6 Å². The molecule has 1 unspecified atom stereocenters. The standard InChI is InChI=1S/C24H26F3N5O3/c1-14-20(15(2)35-30-14)22(34)32-13-23(11-19(32)21(33)29-3)6-8-31(9-7-23)17-5-4-16(12-28)18(10-17)24(25,26)27/h4-5,10,19H,6-9,11,13H2,1-3H3,(H,29,33). The van der Waals surface area contributed by atoms with E-state index in [1.165, 1.54) is 19.2 Å². The van der Waals surface area contributed by atoms with Gasteiger partial charge in [0.2, 0.25) is 5.91 Å². The van der Waals surface area contributed by atoms with Crippen LogP contribution in [0.25, 0.3) is 0 Å². The van der Waals surface area contributed by atoms with Crippen molar-refractivity contribution < 1.29 is 27.3 Å². The Morgan fingerprint density at radius 1 is 1.26 bits per heavy atom. The molecule has 1 aromatic carbocycles. The second-order valence-corrected chi connectivity index (χ2v) is 9.29. The van der Waals surface area contributed by atoms with Crippen LogP contribution in [0.2, 0.25) is 0 Å². The number of likely N-dealkylation sites (N-methyl/N-ethyl adjacent to an activating group) is 1. The number of carbonyl (C=O) groups excluding carboxylic acids is 2. The Labute approximate surface area is 200 Å². The Bertz CT molecular complexity index is 1170. The maximum absolute atomic E-state index is 13.4. The maximum Gasteiger partial charge on any atom is 0.417 e. The molecule has 0 radical (unpaired) electrons. The van der Waals surface area contributed by atoms with E-state index in [1.807, 2.05) is 4.90 Å². The predicted molar refractivity (Wildman–Crippen MR) is 120 cm³/mol. The van der Waals surface area contributed by atoms with Crippen LogP contribution in [0.15, 0.2) is 22.7 Å². The number of nitrogens with one attached hydrogen (secondary N) is 1. The largest absolute Gasteiger partial charge is 0.417 e. The van der Waals surface area contributed by atoms with Crippen molar-refractivity contribution in [3.8, 4) is 6.07 Å². The summed E-state index contributed by atoms with van der Waals surface area (Å²) in [6, 6.07) is 4.70. The molecule has 2 amide bonds. The van der Waals surface area contributed by atoms with Crippen molar-refractivity contribution in [3.05, 3.63) is 46.3 Å². The molecule has 2 aliphatic rings. The third-order valence-corrected chi connectivity index (χ3v) is 7.18. The highest BCUT2D eigenvalue weighted by Crippen LogP contribution is 2.45. The van der Waals surface area contributed by atoms with E-state index >= 15 is 0 Å². The van der Waals surface area contributed by atoms with Gasteiger partial charge in [-0.2, -0.15) is 18.4 Å². The van der Waals surface area contributed by atoms with Gasteiger partial charge < -0.3 is 19.6 Å². The summed E-state index contributed by atoms with van der Waals surface area (Å²) in [5, 5.41) is 15.5. The van der Waals surface area contributed by atoms with Gasteiger partial charge in [-0.05, 0) is 56.7 Å². The van der Waals surface area contributed by atoms with Crippen molar-refractivity contribution >= 4 is 17.5 Å². The van der Waals surface area contributed by atoms with Crippen molar-refractivity contribution in [2.45, 2.75) is 45.3 Å². The molecule has 2 saturated heterocycles. The van der Waals surface area contributed by atoms with Gasteiger partial charge in [0.05, 0.1) is 22.9 Å². The molecular formula is C24H26F3N5O3. The van der Waals surface area contributed by atoms with Gasteiger partial charge in [-0.15, -0.1) is 0 Å². The zero-order valence-electron chi connectivity index (χ0n) is 19.7. The topological polar surface area (TPSA) is 102 Å². The van der Waals surface area contributed by atoms with Gasteiger partial charge in [0.15, 0.2) is 0 Å². The van der Waals surface area contributed by atoms with E-state index in [9.17, 15) is 22.8 Å². The Kier molecular flexibility index (Phi) is 6.25. The summed E-state index contributed by atoms with van der Waals surface area (Å²) in [6.45, 7) is 4.63. The minimum Gasteiger partial charge on any atom is -0.371 e. The number of benzene rings is 1. The summed E-state index contributed by atoms with van der Waals surface area (Å²) in [7, 11) is 1.53. The van der Waals surface area contributed by atoms with Crippen LogP contribution in [0.1, 0.15) is 52.2 Å². The molecule has 0 aliphatic carbocycles. The van der Waals surface area contributed by atoms with Gasteiger partial charge >= 0.3 is 6.18 Å². The third-order valence-electron chi connectivity index (χ3n) is 7.18. The van der Waals surface area contributed by atoms with E-state index in [1.54, 1.807) is 24.8 Å². The molecule has 11 heteroatoms. The predicted octanol–water partition coefficient (Wildman–Crippen LogP) is 3.43. The summed E-state index contributed by atoms with van der Waals surface area (Å²) in [5.41, 5.74) is -0.481. The molecule has 1 aromatic heterocycles. The van der Waals surface area contributed by atoms with E-state index in [-0.39, 0.29) is 17.2 Å². The highest BCUT2D eigenvalue weighted by molar-refractivity contribution is 5.99. The van der Waals surface area contributed by atoms with Gasteiger partial charge in [0, 0.05) is 32.4 Å². The second-order valence-electron chi connectivity index (χ2n) is 9.29. The smallest absolute Gasteiger partial charge is 0.371 e. The number of likely N-dealkylation sites (tertiary alicyclic amines) is 1. The monoisotopic (exact) mass is 489 g/mol. The van der Waals surface area contributed by atoms with Crippen LogP contribution in [0.4, 0.5) is 18.9 Å². The lowest BCUT2D eigenvalue weighted by molar-refractivity contribution is -0.137. The number of nitrogens with zero attached hydrogens (tertiary/aromatic N) is 4. The molecule has 8 nitrogen and oxygen atoms in total. The lowest BCUT2D eigenvalue weighted by atomic mass is 9.76. The molecule has 0 saturated carbocycles. The van der Waals surface area contributed by atoms with Crippen molar-refractivity contribution in [1.29, 1.82) is 5.26 Å². The minimum absolute atomic E-state index is 0.258. The number of carbonyl (C=O) groups is 2. The van der Waals surface area contributed by atoms with Crippen LogP contribution in [-0.2, 0) is 11.0 Å². The fourth-order valence-corrected chi connectivity index (χ4v) is 5.27. The first-order valence-electron chi connectivity index (χ1n) is 11.3. The lowest BCUT2D eigenvalue weighted by Crippen LogP contribution is -2.45. The molecule has 1 atom stereocenters. The van der Waals surface area contributed by atoms with E-state index in [2.05, 4.69) is 10.5 Å². The molecule has 2 aliphatic heterocycles. The fraction of sp³-hybridized carbons (Fsp3) is 0.500. The number of nitriles is 1. The number of amides is 2. The molecule has 4 rings (SSSR count). The van der Waals surface area contributed by atoms with Crippen LogP contribution in [-0.4, -0.2) is 54.6 Å². The average molecular weight is 489 g/mol. The van der Waals surface area contributed by atoms with Gasteiger partial charge in [0.1, 0.15) is 17.4 Å². The normalized spacial score (nSPS) is 19.6. The molecule has 1 spiro atoms. The highest BCUT2D eigenvalue weighted by Gasteiger charge is 2.50. The summed E-state index contributed by atoms with van der Waals surface area (Å²) in [4.78, 5) is 29.5. The van der Waals surface area contributed by atoms with Crippen molar-refractivity contribution in [1.82, 2.24) is 15.4 Å². The number of aryl methyl sites for hydroxylation is 2. The summed E-state index contributed by atoms with van der Waals surface area (Å²) < 4.78 is 45.4. The molecule has 1 N–H and O–H groups in total. The van der Waals surface area contributed by atoms with E-state index in [0.717, 1.165) is 6.07 Å². The third kappa shape index (κ3) is 4.45. The Morgan fingerprint density at radius 3 is 2.49 bits per heavy atom. The second kappa shape index (κ2) is 8.91. The molecular weight excluding hydrogens is 463 g/mol. The fourth-order valence-electron chi connectivity index (χ4n) is 5.27. The molecule has 0 bridgehead atoms. The highest BCUT2D eigenvalue weighted by atomic mass is 19.4. The van der Waals surface area contributed by atoms with Gasteiger partial charge in [-0.1, -0.05) is 5.16 Å². The zero-order valence-corrected chi connectivity index (χ0v) is 19.7. The van der Waals surface area contributed by atoms with Crippen LogP contribution in [0, 0.1) is 30.6 Å². The average Bonchev–Trinajstić information content (AvgIpc) is 3.37. The Morgan fingerprint density at radius 2 is 1.94 bits per heavy atom. The number of halogens is 3. The van der Waals surface area contributed by atoms with Crippen molar-refractivity contribution in [2.24, 2.45) is 5.41 Å². The maximum atomic E-state index is 13.4. The SMILES string of the molecule is CNC(=O)C1CC2(CCN(c3ccc(C#N)c(C(F)(F)F)c3)CC2)CN1C(=O)c1c(C)noc1C. The first kappa shape index (κ1) is 24.6. The summed E-state index contributed by atoms with van der Waals surface area (Å²) in [5.74, 6) is -0.178. The van der Waals surface area contributed by atoms with Crippen LogP contribution >= 0.6 is 0 Å². The van der Waals surface area contributed by atoms with Crippen LogP contribution in [0.3, 0.4) is 0 Å². The molecule has 35 heavy (non-hydrogen) atoms. The number of hydrogen-bond donors (Lipinski definition) is 1. The van der Waals surface area contributed by atoms with E-state index in [4.69, 9.17) is 9.78 Å². The molecule has 2 fully saturated rings. The number of aromatic nitrogens is 1. The Hall–Kier alpha value is -3.55. The van der Waals surface area contributed by atoms with Crippen molar-refractivity contribution in [3.63, 3.8) is 0 Å². The first-order valence-corrected chi connectivity index (χ1v) is 11.3. The molecule has 186 valence electrons. The molecule has 2 aromatic rings. The number of anilines is 1. The van der Waals surface area contributed by atoms with Crippen LogP contribution < -0.4 is 10.2 Å². The van der Waals surface area contributed by atoms with Gasteiger partial charge in [-0.25, -0.2) is 0 Å². The van der Waals surface area contributed by atoms with Gasteiger partial charge in [0.25, 0.3) is 5.91 Å². The number of piperidine rings is 1. The lowest BCUT2D eigenvalue weighted by Gasteiger charge is -2.40. The summed E-state index contributed by atoms with van der Waals surface area (Å²) >= 11 is 0. The number of hydrogen-bond acceptors (Lipinski definition) is 6. The number of rotatable bonds is 3. The minimum atomic E-state index is -4.62. The summed E-state index contributed by atoms with van der Waals surface area (Å²) in [6.07, 6.45) is -2.94. The van der Waals surface area contributed by atoms with Crippen LogP contribution in [0.5, 0.6) is 0 Å². The van der Waals surface area contributed by atoms with Crippen molar-refractivity contribution in [2.75, 3.05) is 31.6 Å². The molecule has 3 heterocycles. The van der Waals surface area contributed by atoms with Gasteiger partial charge in [-0.3, -0.25) is 9.59 Å². The quantitative estimate of drug-likeness (QED) is 0.709. The number of alkyl halides is 3. The zero-order chi connectivity index (χ0) is 25.5. The van der Waals surface area contributed by atoms with E-state index < -0.39 is 23.3 Å². The first-order chi connectivity index (χ1) is 16.5.